The second kappa shape index (κ2) is 4.09. The van der Waals surface area contributed by atoms with E-state index in [1.54, 1.807) is 12.1 Å². The zero-order valence-electron chi connectivity index (χ0n) is 8.12. The molecule has 0 unspecified atom stereocenters. The predicted molar refractivity (Wildman–Crippen MR) is 53.6 cm³/mol. The molecular weight excluding hydrogens is 179 g/mol. The van der Waals surface area contributed by atoms with Crippen LogP contribution in [0.3, 0.4) is 0 Å². The first-order valence-corrected chi connectivity index (χ1v) is 5.21. The molecule has 76 valence electrons. The summed E-state index contributed by atoms with van der Waals surface area (Å²) >= 11 is 0. The van der Waals surface area contributed by atoms with Gasteiger partial charge in [-0.15, -0.1) is 0 Å². The van der Waals surface area contributed by atoms with Gasteiger partial charge in [-0.25, -0.2) is 4.39 Å². The SMILES string of the molecule is O[C@H]1CCCC[C@H]1c1ccccc1F. The molecule has 0 amide bonds. The van der Waals surface area contributed by atoms with Crippen LogP contribution in [0.15, 0.2) is 24.3 Å². The Morgan fingerprint density at radius 3 is 2.57 bits per heavy atom. The molecular formula is C12H15FO. The van der Waals surface area contributed by atoms with Gasteiger partial charge in [0.05, 0.1) is 6.10 Å². The summed E-state index contributed by atoms with van der Waals surface area (Å²) in [6.45, 7) is 0. The Morgan fingerprint density at radius 1 is 1.14 bits per heavy atom. The zero-order valence-corrected chi connectivity index (χ0v) is 8.12. The molecule has 2 heteroatoms. The van der Waals surface area contributed by atoms with Crippen molar-refractivity contribution in [2.24, 2.45) is 0 Å². The molecule has 0 aromatic heterocycles. The van der Waals surface area contributed by atoms with E-state index in [1.165, 1.54) is 6.07 Å². The maximum absolute atomic E-state index is 13.4. The summed E-state index contributed by atoms with van der Waals surface area (Å²) in [5, 5.41) is 9.78. The highest BCUT2D eigenvalue weighted by Crippen LogP contribution is 2.33. The van der Waals surface area contributed by atoms with Gasteiger partial charge in [0.15, 0.2) is 0 Å². The molecule has 1 aromatic rings. The summed E-state index contributed by atoms with van der Waals surface area (Å²) in [5.41, 5.74) is 0.680. The Balaban J connectivity index is 2.25. The van der Waals surface area contributed by atoms with E-state index in [2.05, 4.69) is 0 Å². The highest BCUT2D eigenvalue weighted by molar-refractivity contribution is 5.23. The Labute approximate surface area is 83.6 Å². The summed E-state index contributed by atoms with van der Waals surface area (Å²) in [6, 6.07) is 6.78. The largest absolute Gasteiger partial charge is 0.392 e. The first kappa shape index (κ1) is 9.66. The normalized spacial score (nSPS) is 27.6. The molecule has 1 aliphatic carbocycles. The van der Waals surface area contributed by atoms with Crippen LogP contribution in [0.25, 0.3) is 0 Å². The van der Waals surface area contributed by atoms with Crippen molar-refractivity contribution in [3.05, 3.63) is 35.6 Å². The Bertz CT molecular complexity index is 311. The zero-order chi connectivity index (χ0) is 9.97. The van der Waals surface area contributed by atoms with Crippen molar-refractivity contribution in [3.8, 4) is 0 Å². The number of aliphatic hydroxyl groups excluding tert-OH is 1. The van der Waals surface area contributed by atoms with E-state index in [-0.39, 0.29) is 17.8 Å². The highest BCUT2D eigenvalue weighted by atomic mass is 19.1. The van der Waals surface area contributed by atoms with Gasteiger partial charge in [0, 0.05) is 5.92 Å². The van der Waals surface area contributed by atoms with Crippen LogP contribution in [-0.2, 0) is 0 Å². The first-order valence-electron chi connectivity index (χ1n) is 5.21. The van der Waals surface area contributed by atoms with Gasteiger partial charge in [0.2, 0.25) is 0 Å². The van der Waals surface area contributed by atoms with Crippen LogP contribution < -0.4 is 0 Å². The van der Waals surface area contributed by atoms with E-state index < -0.39 is 0 Å². The lowest BCUT2D eigenvalue weighted by atomic mass is 9.81. The summed E-state index contributed by atoms with van der Waals surface area (Å²) in [5.74, 6) is -0.177. The van der Waals surface area contributed by atoms with Gasteiger partial charge in [-0.1, -0.05) is 31.0 Å². The highest BCUT2D eigenvalue weighted by Gasteiger charge is 2.26. The minimum absolute atomic E-state index is 0.00458. The van der Waals surface area contributed by atoms with E-state index >= 15 is 0 Å². The topological polar surface area (TPSA) is 20.2 Å². The Hall–Kier alpha value is -0.890. The number of hydrogen-bond acceptors (Lipinski definition) is 1. The fourth-order valence-corrected chi connectivity index (χ4v) is 2.25. The van der Waals surface area contributed by atoms with Crippen molar-refractivity contribution >= 4 is 0 Å². The van der Waals surface area contributed by atoms with Crippen molar-refractivity contribution in [3.63, 3.8) is 0 Å². The molecule has 1 aromatic carbocycles. The van der Waals surface area contributed by atoms with Crippen molar-refractivity contribution in [2.75, 3.05) is 0 Å². The van der Waals surface area contributed by atoms with E-state index in [9.17, 15) is 9.50 Å². The molecule has 2 atom stereocenters. The maximum Gasteiger partial charge on any atom is 0.126 e. The quantitative estimate of drug-likeness (QED) is 0.728. The van der Waals surface area contributed by atoms with Crippen molar-refractivity contribution in [1.82, 2.24) is 0 Å². The molecule has 0 aliphatic heterocycles. The van der Waals surface area contributed by atoms with E-state index in [0.29, 0.717) is 5.56 Å². The van der Waals surface area contributed by atoms with Gasteiger partial charge in [0.1, 0.15) is 5.82 Å². The number of benzene rings is 1. The van der Waals surface area contributed by atoms with Crippen molar-refractivity contribution < 1.29 is 9.50 Å². The number of rotatable bonds is 1. The third kappa shape index (κ3) is 1.80. The lowest BCUT2D eigenvalue weighted by molar-refractivity contribution is 0.104. The van der Waals surface area contributed by atoms with E-state index in [0.717, 1.165) is 25.7 Å². The molecule has 1 saturated carbocycles. The predicted octanol–water partition coefficient (Wildman–Crippen LogP) is 2.84. The van der Waals surface area contributed by atoms with Crippen LogP contribution in [-0.4, -0.2) is 11.2 Å². The molecule has 14 heavy (non-hydrogen) atoms. The number of aliphatic hydroxyl groups is 1. The van der Waals surface area contributed by atoms with Crippen molar-refractivity contribution in [1.29, 1.82) is 0 Å². The second-order valence-corrected chi connectivity index (χ2v) is 3.98. The van der Waals surface area contributed by atoms with Gasteiger partial charge in [-0.3, -0.25) is 0 Å². The van der Waals surface area contributed by atoms with Gasteiger partial charge < -0.3 is 5.11 Å². The standard InChI is InChI=1S/C12H15FO/c13-11-7-3-1-5-9(11)10-6-2-4-8-12(10)14/h1,3,5,7,10,12,14H,2,4,6,8H2/t10-,12-/m0/s1. The smallest absolute Gasteiger partial charge is 0.126 e. The summed E-state index contributed by atoms with van der Waals surface area (Å²) in [7, 11) is 0. The van der Waals surface area contributed by atoms with Gasteiger partial charge in [-0.05, 0) is 24.5 Å². The maximum atomic E-state index is 13.4. The monoisotopic (exact) mass is 194 g/mol. The fraction of sp³-hybridized carbons (Fsp3) is 0.500. The summed E-state index contributed by atoms with van der Waals surface area (Å²) in [4.78, 5) is 0. The first-order chi connectivity index (χ1) is 6.79. The van der Waals surface area contributed by atoms with Crippen LogP contribution in [0, 0.1) is 5.82 Å². The second-order valence-electron chi connectivity index (χ2n) is 3.98. The molecule has 1 aliphatic rings. The van der Waals surface area contributed by atoms with Gasteiger partial charge in [-0.2, -0.15) is 0 Å². The molecule has 0 heterocycles. The molecule has 0 spiro atoms. The van der Waals surface area contributed by atoms with Crippen LogP contribution >= 0.6 is 0 Å². The number of halogens is 1. The average molecular weight is 194 g/mol. The fourth-order valence-electron chi connectivity index (χ4n) is 2.25. The van der Waals surface area contributed by atoms with Gasteiger partial charge >= 0.3 is 0 Å². The summed E-state index contributed by atoms with van der Waals surface area (Å²) < 4.78 is 13.4. The molecule has 2 rings (SSSR count). The van der Waals surface area contributed by atoms with Gasteiger partial charge in [0.25, 0.3) is 0 Å². The minimum atomic E-state index is -0.361. The van der Waals surface area contributed by atoms with Crippen LogP contribution in [0.1, 0.15) is 37.2 Å². The molecule has 1 fully saturated rings. The van der Waals surface area contributed by atoms with Crippen molar-refractivity contribution in [2.45, 2.75) is 37.7 Å². The van der Waals surface area contributed by atoms with E-state index in [1.807, 2.05) is 6.07 Å². The Kier molecular flexibility index (Phi) is 2.82. The van der Waals surface area contributed by atoms with Crippen LogP contribution in [0.5, 0.6) is 0 Å². The molecule has 1 nitrogen and oxygen atoms in total. The van der Waals surface area contributed by atoms with Crippen LogP contribution in [0.4, 0.5) is 4.39 Å². The van der Waals surface area contributed by atoms with Crippen LogP contribution in [0.2, 0.25) is 0 Å². The molecule has 1 N–H and O–H groups in total. The lowest BCUT2D eigenvalue weighted by Gasteiger charge is -2.28. The average Bonchev–Trinajstić information content (AvgIpc) is 2.20. The molecule has 0 radical (unpaired) electrons. The Morgan fingerprint density at radius 2 is 1.86 bits per heavy atom. The minimum Gasteiger partial charge on any atom is -0.392 e. The van der Waals surface area contributed by atoms with E-state index in [4.69, 9.17) is 0 Å². The number of hydrogen-bond donors (Lipinski definition) is 1. The summed E-state index contributed by atoms with van der Waals surface area (Å²) in [6.07, 6.45) is 3.50. The third-order valence-electron chi connectivity index (χ3n) is 3.03. The lowest BCUT2D eigenvalue weighted by Crippen LogP contribution is -2.23. The molecule has 0 saturated heterocycles. The third-order valence-corrected chi connectivity index (χ3v) is 3.03. The molecule has 0 bridgehead atoms.